The second-order valence-electron chi connectivity index (χ2n) is 4.91. The molecule has 1 aromatic carbocycles. The largest absolute Gasteiger partial charge is 0.456 e. The lowest BCUT2D eigenvalue weighted by molar-refractivity contribution is -0.137. The zero-order valence-corrected chi connectivity index (χ0v) is 11.7. The summed E-state index contributed by atoms with van der Waals surface area (Å²) >= 11 is 0. The van der Waals surface area contributed by atoms with Gasteiger partial charge in [-0.15, -0.1) is 0 Å². The van der Waals surface area contributed by atoms with Crippen LogP contribution in [-0.2, 0) is 20.9 Å². The number of carbonyl (C=O) groups excluding carboxylic acids is 1. The molecular weight excluding hydrogens is 242 g/mol. The summed E-state index contributed by atoms with van der Waals surface area (Å²) in [6.07, 6.45) is 0.245. The van der Waals surface area contributed by atoms with Crippen molar-refractivity contribution >= 4 is 11.7 Å². The Balaban J connectivity index is 2.43. The van der Waals surface area contributed by atoms with E-state index in [4.69, 9.17) is 14.9 Å². The SMILES string of the molecule is CCOC(C)(C)CC(=N)C(=O)OCc1ccccc1. The summed E-state index contributed by atoms with van der Waals surface area (Å²) < 4.78 is 10.6. The molecule has 4 heteroatoms. The number of benzene rings is 1. The van der Waals surface area contributed by atoms with E-state index in [1.807, 2.05) is 51.1 Å². The van der Waals surface area contributed by atoms with Crippen LogP contribution in [0.15, 0.2) is 30.3 Å². The predicted octanol–water partition coefficient (Wildman–Crippen LogP) is 2.95. The van der Waals surface area contributed by atoms with Gasteiger partial charge in [-0.25, -0.2) is 4.79 Å². The lowest BCUT2D eigenvalue weighted by Gasteiger charge is -2.24. The summed E-state index contributed by atoms with van der Waals surface area (Å²) in [5.41, 5.74) is 0.333. The van der Waals surface area contributed by atoms with Crippen LogP contribution in [0, 0.1) is 5.41 Å². The van der Waals surface area contributed by atoms with Crippen LogP contribution in [0.3, 0.4) is 0 Å². The molecule has 0 fully saturated rings. The number of rotatable bonds is 7. The first-order valence-electron chi connectivity index (χ1n) is 6.37. The van der Waals surface area contributed by atoms with E-state index in [1.54, 1.807) is 0 Å². The Labute approximate surface area is 114 Å². The van der Waals surface area contributed by atoms with Gasteiger partial charge in [0.05, 0.1) is 5.60 Å². The molecule has 0 aliphatic heterocycles. The van der Waals surface area contributed by atoms with Gasteiger partial charge in [-0.2, -0.15) is 0 Å². The van der Waals surface area contributed by atoms with Gasteiger partial charge in [0.25, 0.3) is 0 Å². The van der Waals surface area contributed by atoms with Crippen molar-refractivity contribution in [1.82, 2.24) is 0 Å². The summed E-state index contributed by atoms with van der Waals surface area (Å²) in [6.45, 7) is 6.35. The minimum Gasteiger partial charge on any atom is -0.456 e. The second-order valence-corrected chi connectivity index (χ2v) is 4.91. The van der Waals surface area contributed by atoms with Crippen LogP contribution in [0.4, 0.5) is 0 Å². The fourth-order valence-corrected chi connectivity index (χ4v) is 1.75. The smallest absolute Gasteiger partial charge is 0.352 e. The first-order chi connectivity index (χ1) is 8.94. The fourth-order valence-electron chi connectivity index (χ4n) is 1.75. The van der Waals surface area contributed by atoms with E-state index >= 15 is 0 Å². The van der Waals surface area contributed by atoms with E-state index in [1.165, 1.54) is 0 Å². The van der Waals surface area contributed by atoms with Gasteiger partial charge in [0, 0.05) is 13.0 Å². The predicted molar refractivity (Wildman–Crippen MR) is 74.3 cm³/mol. The van der Waals surface area contributed by atoms with Crippen molar-refractivity contribution in [1.29, 1.82) is 5.41 Å². The molecule has 4 nitrogen and oxygen atoms in total. The van der Waals surface area contributed by atoms with Crippen LogP contribution in [0.25, 0.3) is 0 Å². The van der Waals surface area contributed by atoms with Gasteiger partial charge in [-0.1, -0.05) is 30.3 Å². The Kier molecular flexibility index (Phi) is 5.70. The highest BCUT2D eigenvalue weighted by Crippen LogP contribution is 2.15. The molecule has 1 aromatic rings. The lowest BCUT2D eigenvalue weighted by Crippen LogP contribution is -2.31. The highest BCUT2D eigenvalue weighted by molar-refractivity contribution is 6.35. The number of esters is 1. The molecule has 19 heavy (non-hydrogen) atoms. The Hall–Kier alpha value is -1.68. The second kappa shape index (κ2) is 7.04. The van der Waals surface area contributed by atoms with Crippen molar-refractivity contribution in [2.24, 2.45) is 0 Å². The molecule has 0 aliphatic rings. The molecule has 0 heterocycles. The van der Waals surface area contributed by atoms with Crippen LogP contribution in [0.5, 0.6) is 0 Å². The van der Waals surface area contributed by atoms with E-state index in [0.717, 1.165) is 5.56 Å². The van der Waals surface area contributed by atoms with E-state index in [0.29, 0.717) is 6.61 Å². The third-order valence-electron chi connectivity index (χ3n) is 2.60. The minimum absolute atomic E-state index is 0.0608. The van der Waals surface area contributed by atoms with E-state index in [2.05, 4.69) is 0 Å². The molecule has 0 spiro atoms. The maximum atomic E-state index is 11.7. The van der Waals surface area contributed by atoms with Gasteiger partial charge in [0.2, 0.25) is 0 Å². The topological polar surface area (TPSA) is 59.4 Å². The molecule has 0 unspecified atom stereocenters. The van der Waals surface area contributed by atoms with Gasteiger partial charge in [0.15, 0.2) is 0 Å². The zero-order chi connectivity index (χ0) is 14.3. The first kappa shape index (κ1) is 15.4. The lowest BCUT2D eigenvalue weighted by atomic mass is 10.0. The van der Waals surface area contributed by atoms with E-state index < -0.39 is 11.6 Å². The average molecular weight is 263 g/mol. The number of hydrogen-bond donors (Lipinski definition) is 1. The number of ether oxygens (including phenoxy) is 2. The van der Waals surface area contributed by atoms with E-state index in [9.17, 15) is 4.79 Å². The van der Waals surface area contributed by atoms with Crippen molar-refractivity contribution in [2.75, 3.05) is 6.61 Å². The standard InChI is InChI=1S/C15H21NO3/c1-4-19-15(2,3)10-13(16)14(17)18-11-12-8-6-5-7-9-12/h5-9,16H,4,10-11H2,1-3H3. The minimum atomic E-state index is -0.586. The molecule has 1 N–H and O–H groups in total. The molecule has 0 bridgehead atoms. The van der Waals surface area contributed by atoms with Crippen LogP contribution in [0.1, 0.15) is 32.8 Å². The summed E-state index contributed by atoms with van der Waals surface area (Å²) in [5, 5.41) is 7.74. The van der Waals surface area contributed by atoms with Gasteiger partial charge in [-0.05, 0) is 26.3 Å². The van der Waals surface area contributed by atoms with Crippen LogP contribution < -0.4 is 0 Å². The Bertz CT molecular complexity index is 426. The maximum Gasteiger partial charge on any atom is 0.352 e. The summed E-state index contributed by atoms with van der Waals surface area (Å²) in [5.74, 6) is -0.586. The quantitative estimate of drug-likeness (QED) is 0.607. The molecule has 0 saturated carbocycles. The molecule has 0 amide bonds. The fraction of sp³-hybridized carbons (Fsp3) is 0.467. The Morgan fingerprint density at radius 1 is 1.26 bits per heavy atom. The monoisotopic (exact) mass is 263 g/mol. The van der Waals surface area contributed by atoms with Crippen LogP contribution >= 0.6 is 0 Å². The zero-order valence-electron chi connectivity index (χ0n) is 11.7. The Morgan fingerprint density at radius 2 is 1.89 bits per heavy atom. The van der Waals surface area contributed by atoms with Crippen molar-refractivity contribution < 1.29 is 14.3 Å². The third kappa shape index (κ3) is 5.66. The molecule has 0 aliphatic carbocycles. The maximum absolute atomic E-state index is 11.7. The normalized spacial score (nSPS) is 11.1. The van der Waals surface area contributed by atoms with E-state index in [-0.39, 0.29) is 18.7 Å². The van der Waals surface area contributed by atoms with Crippen molar-refractivity contribution in [2.45, 2.75) is 39.4 Å². The van der Waals surface area contributed by atoms with Gasteiger partial charge < -0.3 is 9.47 Å². The van der Waals surface area contributed by atoms with Crippen molar-refractivity contribution in [3.63, 3.8) is 0 Å². The third-order valence-corrected chi connectivity index (χ3v) is 2.60. The molecule has 0 aromatic heterocycles. The molecular formula is C15H21NO3. The highest BCUT2D eigenvalue weighted by Gasteiger charge is 2.24. The van der Waals surface area contributed by atoms with Crippen LogP contribution in [-0.4, -0.2) is 23.9 Å². The van der Waals surface area contributed by atoms with Gasteiger partial charge in [0.1, 0.15) is 12.3 Å². The van der Waals surface area contributed by atoms with Crippen molar-refractivity contribution in [3.8, 4) is 0 Å². The van der Waals surface area contributed by atoms with Crippen LogP contribution in [0.2, 0.25) is 0 Å². The molecule has 104 valence electrons. The number of hydrogen-bond acceptors (Lipinski definition) is 4. The van der Waals surface area contributed by atoms with Gasteiger partial charge >= 0.3 is 5.97 Å². The number of nitrogens with one attached hydrogen (secondary N) is 1. The highest BCUT2D eigenvalue weighted by atomic mass is 16.5. The first-order valence-corrected chi connectivity index (χ1v) is 6.37. The molecule has 1 rings (SSSR count). The number of carbonyl (C=O) groups is 1. The summed E-state index contributed by atoms with van der Waals surface area (Å²) in [6, 6.07) is 9.42. The molecule has 0 radical (unpaired) electrons. The average Bonchev–Trinajstić information content (AvgIpc) is 2.36. The summed E-state index contributed by atoms with van der Waals surface area (Å²) in [7, 11) is 0. The summed E-state index contributed by atoms with van der Waals surface area (Å²) in [4.78, 5) is 11.7. The molecule has 0 atom stereocenters. The van der Waals surface area contributed by atoms with Crippen molar-refractivity contribution in [3.05, 3.63) is 35.9 Å². The van der Waals surface area contributed by atoms with Gasteiger partial charge in [-0.3, -0.25) is 5.41 Å². The Morgan fingerprint density at radius 3 is 2.47 bits per heavy atom. The molecule has 0 saturated heterocycles.